The van der Waals surface area contributed by atoms with Crippen LogP contribution in [0.4, 0.5) is 34.6 Å². The van der Waals surface area contributed by atoms with Gasteiger partial charge in [-0.3, -0.25) is 9.11 Å². The summed E-state index contributed by atoms with van der Waals surface area (Å²) >= 11 is 0. The van der Waals surface area contributed by atoms with Gasteiger partial charge in [0.1, 0.15) is 22.0 Å². The number of phenolic OH excluding ortho intramolecular Hbond substituents is 2. The number of rotatable bonds is 10. The van der Waals surface area contributed by atoms with Gasteiger partial charge in [-0.15, -0.1) is 10.2 Å². The van der Waals surface area contributed by atoms with Gasteiger partial charge < -0.3 is 36.2 Å². The number of hydrogen-bond acceptors (Lipinski definition) is 16. The summed E-state index contributed by atoms with van der Waals surface area (Å²) in [6.07, 6.45) is 0. The van der Waals surface area contributed by atoms with E-state index in [1.54, 1.807) is 0 Å². The molecule has 0 aliphatic rings. The highest BCUT2D eigenvalue weighted by Gasteiger charge is 2.26. The lowest BCUT2D eigenvalue weighted by atomic mass is 10.1. The first kappa shape index (κ1) is 33.9. The summed E-state index contributed by atoms with van der Waals surface area (Å²) in [6, 6.07) is 9.63. The molecule has 20 nitrogen and oxygen atoms in total. The zero-order valence-corrected chi connectivity index (χ0v) is 25.5. The highest BCUT2D eigenvalue weighted by atomic mass is 32.2. The van der Waals surface area contributed by atoms with E-state index >= 15 is 0 Å². The van der Waals surface area contributed by atoms with Crippen molar-refractivity contribution in [3.8, 4) is 17.5 Å². The van der Waals surface area contributed by atoms with Crippen LogP contribution in [-0.4, -0.2) is 78.4 Å². The second-order valence-electron chi connectivity index (χ2n) is 9.68. The standard InChI is InChI=1S/C27H19N7O13S2/c35-12-5-6-17(15(9-12)24(39)40)33-34-21-19(49(45,46)47)8-11-7-13(48(42,43)44)10-18(20(11)22(21)36)29-26-30-25(31-27(41)32-26)28-16-4-2-1-3-14(16)23(37)38/h1-10,35-36H,(H,37,38)(H,39,40)(H,42,43,44)(H,45,46,47)(H3,28,29,30,31,32,41). The van der Waals surface area contributed by atoms with E-state index in [2.05, 4.69) is 35.8 Å². The van der Waals surface area contributed by atoms with Crippen molar-refractivity contribution in [2.75, 3.05) is 10.6 Å². The third kappa shape index (κ3) is 7.25. The minimum atomic E-state index is -5.27. The second kappa shape index (κ2) is 12.6. The van der Waals surface area contributed by atoms with Gasteiger partial charge in [-0.05, 0) is 53.9 Å². The number of aromatic nitrogens is 3. The van der Waals surface area contributed by atoms with Crippen LogP contribution >= 0.6 is 0 Å². The molecule has 0 bridgehead atoms. The first-order chi connectivity index (χ1) is 22.9. The fraction of sp³-hybridized carbons (Fsp3) is 0. The molecule has 4 aromatic carbocycles. The molecule has 22 heteroatoms. The SMILES string of the molecule is O=C(O)c1cc(O)ccc1N=Nc1c(S(=O)(=O)O)cc2cc(S(=O)(=O)O)cc(Nc3nc(O)nc(Nc4ccccc4C(=O)O)n3)c2c1O. The fourth-order valence-electron chi connectivity index (χ4n) is 4.38. The molecule has 9 N–H and O–H groups in total. The molecule has 0 saturated carbocycles. The van der Waals surface area contributed by atoms with Gasteiger partial charge in [-0.1, -0.05) is 12.1 Å². The highest BCUT2D eigenvalue weighted by Crippen LogP contribution is 2.46. The highest BCUT2D eigenvalue weighted by molar-refractivity contribution is 7.86. The number of nitrogens with one attached hydrogen (secondary N) is 2. The molecule has 0 unspecified atom stereocenters. The van der Waals surface area contributed by atoms with Crippen molar-refractivity contribution in [2.24, 2.45) is 10.2 Å². The number of carboxylic acid groups (broad SMARTS) is 2. The smallest absolute Gasteiger partial charge is 0.338 e. The first-order valence-corrected chi connectivity index (χ1v) is 15.9. The van der Waals surface area contributed by atoms with Crippen molar-refractivity contribution in [1.82, 2.24) is 15.0 Å². The van der Waals surface area contributed by atoms with E-state index in [9.17, 15) is 61.1 Å². The van der Waals surface area contributed by atoms with Gasteiger partial charge in [-0.25, -0.2) is 9.59 Å². The molecule has 1 aromatic heterocycles. The maximum Gasteiger partial charge on any atom is 0.338 e. The lowest BCUT2D eigenvalue weighted by molar-refractivity contribution is 0.0686. The summed E-state index contributed by atoms with van der Waals surface area (Å²) in [7, 11) is -10.3. The van der Waals surface area contributed by atoms with Gasteiger partial charge in [0, 0.05) is 5.39 Å². The lowest BCUT2D eigenvalue weighted by Gasteiger charge is -2.15. The predicted molar refractivity (Wildman–Crippen MR) is 166 cm³/mol. The van der Waals surface area contributed by atoms with Crippen LogP contribution in [0.15, 0.2) is 80.7 Å². The summed E-state index contributed by atoms with van der Waals surface area (Å²) in [6.45, 7) is 0. The van der Waals surface area contributed by atoms with Crippen LogP contribution in [-0.2, 0) is 20.2 Å². The molecule has 0 fully saturated rings. The van der Waals surface area contributed by atoms with Crippen molar-refractivity contribution in [2.45, 2.75) is 9.79 Å². The molecule has 0 radical (unpaired) electrons. The molecule has 5 rings (SSSR count). The minimum absolute atomic E-state index is 0.00422. The Labute approximate surface area is 273 Å². The molecule has 0 aliphatic carbocycles. The van der Waals surface area contributed by atoms with E-state index < -0.39 is 105 Å². The molecule has 0 amide bonds. The van der Waals surface area contributed by atoms with Crippen molar-refractivity contribution in [3.05, 3.63) is 71.8 Å². The van der Waals surface area contributed by atoms with Crippen LogP contribution in [0.25, 0.3) is 10.8 Å². The minimum Gasteiger partial charge on any atom is -0.508 e. The summed E-state index contributed by atoms with van der Waals surface area (Å²) in [5, 5.41) is 61.6. The average Bonchev–Trinajstić information content (AvgIpc) is 2.99. The Morgan fingerprint density at radius 2 is 1.33 bits per heavy atom. The van der Waals surface area contributed by atoms with Crippen LogP contribution in [0.5, 0.6) is 17.5 Å². The van der Waals surface area contributed by atoms with E-state index in [4.69, 9.17) is 0 Å². The van der Waals surface area contributed by atoms with Gasteiger partial charge in [0.25, 0.3) is 20.2 Å². The van der Waals surface area contributed by atoms with Gasteiger partial charge in [0.05, 0.1) is 27.4 Å². The monoisotopic (exact) mass is 713 g/mol. The van der Waals surface area contributed by atoms with E-state index in [1.165, 1.54) is 24.3 Å². The van der Waals surface area contributed by atoms with Crippen molar-refractivity contribution < 1.29 is 61.1 Å². The van der Waals surface area contributed by atoms with E-state index in [0.29, 0.717) is 6.07 Å². The predicted octanol–water partition coefficient (Wildman–Crippen LogP) is 3.93. The molecule has 49 heavy (non-hydrogen) atoms. The van der Waals surface area contributed by atoms with Crippen molar-refractivity contribution >= 4 is 77.6 Å². The molecular formula is C27H19N7O13S2. The summed E-state index contributed by atoms with van der Waals surface area (Å²) < 4.78 is 68.8. The van der Waals surface area contributed by atoms with E-state index in [1.807, 2.05) is 0 Å². The molecular weight excluding hydrogens is 694 g/mol. The quantitative estimate of drug-likeness (QED) is 0.0730. The third-order valence-corrected chi connectivity index (χ3v) is 8.14. The molecule has 5 aromatic rings. The summed E-state index contributed by atoms with van der Waals surface area (Å²) in [5.41, 5.74) is -2.64. The average molecular weight is 714 g/mol. The Morgan fingerprint density at radius 1 is 0.694 bits per heavy atom. The van der Waals surface area contributed by atoms with Crippen LogP contribution in [0.3, 0.4) is 0 Å². The number of aromatic hydroxyl groups is 3. The van der Waals surface area contributed by atoms with Gasteiger partial charge in [-0.2, -0.15) is 31.8 Å². The maximum absolute atomic E-state index is 12.4. The summed E-state index contributed by atoms with van der Waals surface area (Å²) in [4.78, 5) is 32.6. The van der Waals surface area contributed by atoms with E-state index in [0.717, 1.165) is 30.3 Å². The van der Waals surface area contributed by atoms with Gasteiger partial charge in [0.2, 0.25) is 11.9 Å². The van der Waals surface area contributed by atoms with Gasteiger partial charge >= 0.3 is 17.9 Å². The number of carbonyl (C=O) groups is 2. The number of fused-ring (bicyclic) bond motifs is 1. The Kier molecular flexibility index (Phi) is 8.71. The Morgan fingerprint density at radius 3 is 1.94 bits per heavy atom. The van der Waals surface area contributed by atoms with Crippen LogP contribution < -0.4 is 10.6 Å². The number of benzene rings is 4. The number of azo groups is 1. The first-order valence-electron chi connectivity index (χ1n) is 13.0. The van der Waals surface area contributed by atoms with Crippen molar-refractivity contribution in [3.63, 3.8) is 0 Å². The van der Waals surface area contributed by atoms with Crippen molar-refractivity contribution in [1.29, 1.82) is 0 Å². The largest absolute Gasteiger partial charge is 0.508 e. The number of anilines is 4. The fourth-order valence-corrected chi connectivity index (χ4v) is 5.58. The normalized spacial score (nSPS) is 11.9. The molecule has 0 saturated heterocycles. The summed E-state index contributed by atoms with van der Waals surface area (Å²) in [5.74, 6) is -5.40. The molecule has 252 valence electrons. The van der Waals surface area contributed by atoms with E-state index in [-0.39, 0.29) is 11.3 Å². The Bertz CT molecular complexity index is 2460. The molecule has 1 heterocycles. The van der Waals surface area contributed by atoms with Crippen LogP contribution in [0.2, 0.25) is 0 Å². The Hall–Kier alpha value is -6.49. The maximum atomic E-state index is 12.4. The number of para-hydroxylation sites is 1. The Balaban J connectivity index is 1.71. The number of phenols is 2. The lowest BCUT2D eigenvalue weighted by Crippen LogP contribution is -2.07. The zero-order valence-electron chi connectivity index (χ0n) is 23.9. The van der Waals surface area contributed by atoms with Crippen LogP contribution in [0.1, 0.15) is 20.7 Å². The number of aromatic carboxylic acids is 2. The van der Waals surface area contributed by atoms with Gasteiger partial charge in [0.15, 0.2) is 5.75 Å². The molecule has 0 spiro atoms. The zero-order chi connectivity index (χ0) is 35.8. The topological polar surface area (TPSA) is 331 Å². The third-order valence-electron chi connectivity index (χ3n) is 6.44. The molecule has 0 atom stereocenters. The number of carboxylic acids is 2. The number of nitrogens with zero attached hydrogens (tertiary/aromatic N) is 5. The number of hydrogen-bond donors (Lipinski definition) is 9. The van der Waals surface area contributed by atoms with Crippen LogP contribution in [0, 0.1) is 0 Å². The molecule has 0 aliphatic heterocycles. The second-order valence-corrected chi connectivity index (χ2v) is 12.5.